The van der Waals surface area contributed by atoms with Crippen LogP contribution in [0.4, 0.5) is 13.2 Å². The van der Waals surface area contributed by atoms with Crippen LogP contribution in [-0.4, -0.2) is 31.8 Å². The van der Waals surface area contributed by atoms with E-state index in [1.165, 1.54) is 28.8 Å². The number of halogens is 3. The van der Waals surface area contributed by atoms with Gasteiger partial charge in [-0.1, -0.05) is 0 Å². The first-order valence-electron chi connectivity index (χ1n) is 9.47. The monoisotopic (exact) mass is 461 g/mol. The molecule has 0 radical (unpaired) electrons. The molecule has 0 amide bonds. The molecule has 4 aromatic rings. The molecular formula is C22H18F3N3O3S. The fraction of sp³-hybridized carbons (Fsp3) is 0.182. The van der Waals surface area contributed by atoms with Crippen molar-refractivity contribution >= 4 is 22.7 Å². The lowest BCUT2D eigenvalue weighted by atomic mass is 10.1. The summed E-state index contributed by atoms with van der Waals surface area (Å²) in [6.07, 6.45) is 1.63. The summed E-state index contributed by atoms with van der Waals surface area (Å²) in [4.78, 5) is 17.4. The van der Waals surface area contributed by atoms with Crippen molar-refractivity contribution in [2.75, 3.05) is 7.11 Å². The van der Waals surface area contributed by atoms with Crippen molar-refractivity contribution in [2.45, 2.75) is 23.9 Å². The molecule has 0 spiro atoms. The van der Waals surface area contributed by atoms with Gasteiger partial charge in [0.05, 0.1) is 30.6 Å². The summed E-state index contributed by atoms with van der Waals surface area (Å²) >= 11 is -0.243. The van der Waals surface area contributed by atoms with Gasteiger partial charge >= 0.3 is 11.2 Å². The number of benzene rings is 2. The van der Waals surface area contributed by atoms with Crippen molar-refractivity contribution in [3.63, 3.8) is 0 Å². The molecular weight excluding hydrogens is 443 g/mol. The summed E-state index contributed by atoms with van der Waals surface area (Å²) in [6, 6.07) is 12.5. The highest BCUT2D eigenvalue weighted by molar-refractivity contribution is 8.00. The number of aromatic nitrogens is 3. The smallest absolute Gasteiger partial charge is 0.446 e. The molecule has 0 saturated heterocycles. The molecule has 0 aliphatic rings. The lowest BCUT2D eigenvalue weighted by molar-refractivity contribution is -0.0328. The third-order valence-electron chi connectivity index (χ3n) is 5.06. The van der Waals surface area contributed by atoms with Crippen molar-refractivity contribution in [3.8, 4) is 17.3 Å². The maximum Gasteiger partial charge on any atom is 0.446 e. The van der Waals surface area contributed by atoms with E-state index in [9.17, 15) is 23.1 Å². The number of alkyl halides is 3. The van der Waals surface area contributed by atoms with E-state index in [2.05, 4.69) is 4.98 Å². The Bertz CT molecular complexity index is 1350. The van der Waals surface area contributed by atoms with Gasteiger partial charge in [-0.05, 0) is 66.7 Å². The first kappa shape index (κ1) is 21.8. The zero-order valence-electron chi connectivity index (χ0n) is 17.1. The van der Waals surface area contributed by atoms with E-state index in [0.29, 0.717) is 17.0 Å². The minimum absolute atomic E-state index is 0.0105. The molecule has 0 atom stereocenters. The molecule has 4 rings (SSSR count). The molecule has 166 valence electrons. The molecule has 0 aliphatic carbocycles. The summed E-state index contributed by atoms with van der Waals surface area (Å²) in [5.74, 6) is 0.387. The standard InChI is InChI=1S/C22H18F3N3O3S/c1-13-20(29)28(15-3-6-17(7-4-15)32-22(23,24)25)21(30)27(13)12-14-9-10-26-19-11-16(31-2)5-8-18(14)19/h3-11,29H,12H2,1-2H3. The number of aromatic hydroxyl groups is 1. The zero-order chi connectivity index (χ0) is 23.0. The van der Waals surface area contributed by atoms with Gasteiger partial charge in [-0.15, -0.1) is 0 Å². The van der Waals surface area contributed by atoms with Crippen LogP contribution in [0.2, 0.25) is 0 Å². The van der Waals surface area contributed by atoms with E-state index >= 15 is 0 Å². The summed E-state index contributed by atoms with van der Waals surface area (Å²) in [6.45, 7) is 1.78. The van der Waals surface area contributed by atoms with Crippen LogP contribution in [0.15, 0.2) is 64.4 Å². The van der Waals surface area contributed by atoms with Gasteiger partial charge in [0, 0.05) is 22.5 Å². The Morgan fingerprint density at radius 3 is 2.50 bits per heavy atom. The predicted octanol–water partition coefficient (Wildman–Crippen LogP) is 4.87. The quantitative estimate of drug-likeness (QED) is 0.430. The van der Waals surface area contributed by atoms with Gasteiger partial charge in [0.2, 0.25) is 5.88 Å². The number of ether oxygens (including phenoxy) is 1. The number of thioether (sulfide) groups is 1. The largest absolute Gasteiger partial charge is 0.497 e. The van der Waals surface area contributed by atoms with Gasteiger partial charge in [-0.25, -0.2) is 9.36 Å². The SMILES string of the molecule is COc1ccc2c(Cn3c(C)c(O)n(-c4ccc(SC(F)(F)F)cc4)c3=O)ccnc2c1. The van der Waals surface area contributed by atoms with Crippen molar-refractivity contribution < 1.29 is 23.0 Å². The minimum atomic E-state index is -4.41. The molecule has 2 heterocycles. The van der Waals surface area contributed by atoms with Crippen LogP contribution < -0.4 is 10.4 Å². The number of methoxy groups -OCH3 is 1. The Balaban J connectivity index is 1.72. The van der Waals surface area contributed by atoms with Crippen molar-refractivity contribution in [2.24, 2.45) is 0 Å². The van der Waals surface area contributed by atoms with Gasteiger partial charge in [0.25, 0.3) is 0 Å². The molecule has 0 bridgehead atoms. The molecule has 2 aromatic heterocycles. The van der Waals surface area contributed by atoms with E-state index in [4.69, 9.17) is 4.74 Å². The molecule has 0 aliphatic heterocycles. The van der Waals surface area contributed by atoms with E-state index in [-0.39, 0.29) is 34.8 Å². The van der Waals surface area contributed by atoms with Crippen LogP contribution in [-0.2, 0) is 6.54 Å². The molecule has 6 nitrogen and oxygen atoms in total. The predicted molar refractivity (Wildman–Crippen MR) is 116 cm³/mol. The van der Waals surface area contributed by atoms with E-state index in [0.717, 1.165) is 15.5 Å². The summed E-state index contributed by atoms with van der Waals surface area (Å²) < 4.78 is 45.4. The lowest BCUT2D eigenvalue weighted by Crippen LogP contribution is -2.24. The molecule has 10 heteroatoms. The number of pyridine rings is 1. The Kier molecular flexibility index (Phi) is 5.64. The fourth-order valence-electron chi connectivity index (χ4n) is 3.48. The Labute approximate surface area is 184 Å². The highest BCUT2D eigenvalue weighted by Crippen LogP contribution is 2.37. The van der Waals surface area contributed by atoms with Crippen molar-refractivity contribution in [3.05, 3.63) is 76.5 Å². The van der Waals surface area contributed by atoms with Gasteiger partial charge in [-0.3, -0.25) is 9.55 Å². The van der Waals surface area contributed by atoms with Gasteiger partial charge in [0.1, 0.15) is 5.75 Å². The summed E-state index contributed by atoms with van der Waals surface area (Å²) in [7, 11) is 1.56. The first-order valence-corrected chi connectivity index (χ1v) is 10.3. The second-order valence-corrected chi connectivity index (χ2v) is 8.15. The second-order valence-electron chi connectivity index (χ2n) is 7.01. The average molecular weight is 461 g/mol. The highest BCUT2D eigenvalue weighted by atomic mass is 32.2. The topological polar surface area (TPSA) is 69.3 Å². The summed E-state index contributed by atoms with van der Waals surface area (Å²) in [5, 5.41) is 11.4. The second kappa shape index (κ2) is 8.27. The van der Waals surface area contributed by atoms with E-state index < -0.39 is 11.2 Å². The zero-order valence-corrected chi connectivity index (χ0v) is 17.9. The van der Waals surface area contributed by atoms with Crippen LogP contribution in [0.25, 0.3) is 16.6 Å². The molecule has 0 fully saturated rings. The van der Waals surface area contributed by atoms with Crippen molar-refractivity contribution in [1.82, 2.24) is 14.1 Å². The minimum Gasteiger partial charge on any atom is -0.497 e. The van der Waals surface area contributed by atoms with Crippen LogP contribution >= 0.6 is 11.8 Å². The van der Waals surface area contributed by atoms with E-state index in [1.54, 1.807) is 38.4 Å². The molecule has 0 unspecified atom stereocenters. The number of nitrogens with zero attached hydrogens (tertiary/aromatic N) is 3. The van der Waals surface area contributed by atoms with Gasteiger partial charge < -0.3 is 9.84 Å². The number of rotatable bonds is 5. The molecule has 0 saturated carbocycles. The molecule has 1 N–H and O–H groups in total. The van der Waals surface area contributed by atoms with Crippen LogP contribution in [0.1, 0.15) is 11.3 Å². The van der Waals surface area contributed by atoms with Crippen LogP contribution in [0.5, 0.6) is 11.6 Å². The average Bonchev–Trinajstić information content (AvgIpc) is 2.96. The number of hydrogen-bond donors (Lipinski definition) is 1. The normalized spacial score (nSPS) is 11.8. The third kappa shape index (κ3) is 4.18. The molecule has 2 aromatic carbocycles. The Morgan fingerprint density at radius 2 is 1.84 bits per heavy atom. The number of fused-ring (bicyclic) bond motifs is 1. The highest BCUT2D eigenvalue weighted by Gasteiger charge is 2.29. The van der Waals surface area contributed by atoms with E-state index in [1.807, 2.05) is 6.07 Å². The van der Waals surface area contributed by atoms with Crippen LogP contribution in [0, 0.1) is 6.92 Å². The number of hydrogen-bond acceptors (Lipinski definition) is 5. The fourth-order valence-corrected chi connectivity index (χ4v) is 4.01. The van der Waals surface area contributed by atoms with Gasteiger partial charge in [-0.2, -0.15) is 13.2 Å². The maximum atomic E-state index is 13.1. The third-order valence-corrected chi connectivity index (χ3v) is 5.80. The first-order chi connectivity index (χ1) is 15.2. The summed E-state index contributed by atoms with van der Waals surface area (Å²) in [5.41, 5.74) is -2.79. The Morgan fingerprint density at radius 1 is 1.12 bits per heavy atom. The number of imidazole rings is 1. The maximum absolute atomic E-state index is 13.1. The van der Waals surface area contributed by atoms with Gasteiger partial charge in [0.15, 0.2) is 0 Å². The van der Waals surface area contributed by atoms with Crippen LogP contribution in [0.3, 0.4) is 0 Å². The lowest BCUT2D eigenvalue weighted by Gasteiger charge is -2.09. The molecule has 32 heavy (non-hydrogen) atoms. The van der Waals surface area contributed by atoms with Crippen molar-refractivity contribution in [1.29, 1.82) is 0 Å². The Hall–Kier alpha value is -3.40.